The molecule has 0 atom stereocenters. The number of aromatic nitrogens is 2. The number of aromatic amines is 1. The number of rotatable bonds is 7. The number of hydrogen-bond acceptors (Lipinski definition) is 8. The lowest BCUT2D eigenvalue weighted by atomic mass is 10.0. The number of aryl methyl sites for hydroxylation is 1. The van der Waals surface area contributed by atoms with Gasteiger partial charge in [0.2, 0.25) is 5.91 Å². The van der Waals surface area contributed by atoms with Crippen LogP contribution in [0.1, 0.15) is 26.4 Å². The Kier molecular flexibility index (Phi) is 6.77. The number of amides is 1. The minimum absolute atomic E-state index is 0.000233. The quantitative estimate of drug-likeness (QED) is 0.305. The van der Waals surface area contributed by atoms with Crippen molar-refractivity contribution >= 4 is 40.0 Å². The van der Waals surface area contributed by atoms with Crippen LogP contribution in [0.2, 0.25) is 0 Å². The number of esters is 1. The Morgan fingerprint density at radius 3 is 2.81 bits per heavy atom. The van der Waals surface area contributed by atoms with Gasteiger partial charge < -0.3 is 10.1 Å². The summed E-state index contributed by atoms with van der Waals surface area (Å²) in [4.78, 5) is 40.1. The standard InChI is InChI=1S/C21H22N4O5S2/c1-24-19(21(28)30-23-24)31-12-16(26)22-18-17(20(27)29-2)14-8-9-25(11-15(14)32-18)10-13-6-4-3-5-7-13/h3-7H,8-12H2,1-2H3,(H-,22,23,26,27,28)/p+1. The Bertz CT molecular complexity index is 1180. The van der Waals surface area contributed by atoms with Gasteiger partial charge in [0.25, 0.3) is 0 Å². The Morgan fingerprint density at radius 2 is 2.12 bits per heavy atom. The van der Waals surface area contributed by atoms with E-state index in [-0.39, 0.29) is 16.7 Å². The molecule has 0 saturated carbocycles. The molecule has 0 aliphatic carbocycles. The molecule has 0 fully saturated rings. The van der Waals surface area contributed by atoms with Gasteiger partial charge in [-0.2, -0.15) is 0 Å². The third kappa shape index (κ3) is 4.79. The Hall–Kier alpha value is -2.89. The first-order valence-corrected chi connectivity index (χ1v) is 11.8. The second kappa shape index (κ2) is 9.72. The summed E-state index contributed by atoms with van der Waals surface area (Å²) in [7, 11) is 2.96. The van der Waals surface area contributed by atoms with Crippen LogP contribution < -0.4 is 15.6 Å². The zero-order valence-electron chi connectivity index (χ0n) is 17.7. The molecule has 0 bridgehead atoms. The number of methoxy groups -OCH3 is 1. The number of benzene rings is 1. The highest BCUT2D eigenvalue weighted by Crippen LogP contribution is 2.38. The van der Waals surface area contributed by atoms with Crippen LogP contribution in [-0.4, -0.2) is 41.5 Å². The molecule has 11 heteroatoms. The monoisotopic (exact) mass is 475 g/mol. The summed E-state index contributed by atoms with van der Waals surface area (Å²) in [6.45, 7) is 2.33. The number of thioether (sulfide) groups is 1. The number of fused-ring (bicyclic) bond motifs is 1. The van der Waals surface area contributed by atoms with Crippen molar-refractivity contribution in [3.8, 4) is 0 Å². The fourth-order valence-electron chi connectivity index (χ4n) is 3.62. The number of hydrogen-bond donors (Lipinski definition) is 2. The van der Waals surface area contributed by atoms with E-state index >= 15 is 0 Å². The molecule has 0 saturated heterocycles. The molecule has 168 valence electrons. The molecule has 0 unspecified atom stereocenters. The molecule has 32 heavy (non-hydrogen) atoms. The number of carbonyl (C=O) groups excluding carboxylic acids is 2. The van der Waals surface area contributed by atoms with Crippen LogP contribution in [0.25, 0.3) is 0 Å². The van der Waals surface area contributed by atoms with Crippen molar-refractivity contribution in [3.63, 3.8) is 0 Å². The Balaban J connectivity index is 1.49. The van der Waals surface area contributed by atoms with Crippen LogP contribution in [0.4, 0.5) is 5.00 Å². The number of thiophene rings is 1. The maximum atomic E-state index is 12.6. The van der Waals surface area contributed by atoms with E-state index in [1.165, 1.54) is 28.7 Å². The molecular formula is C21H23N4O5S2+. The summed E-state index contributed by atoms with van der Waals surface area (Å²) in [6, 6.07) is 10.2. The summed E-state index contributed by atoms with van der Waals surface area (Å²) in [6.07, 6.45) is 0.702. The van der Waals surface area contributed by atoms with E-state index in [0.29, 0.717) is 23.5 Å². The zero-order chi connectivity index (χ0) is 22.7. The van der Waals surface area contributed by atoms with Gasteiger partial charge in [-0.3, -0.25) is 14.2 Å². The average molecular weight is 476 g/mol. The number of nitrogens with one attached hydrogen (secondary N) is 2. The topological polar surface area (TPSA) is 109 Å². The summed E-state index contributed by atoms with van der Waals surface area (Å²) in [5.74, 6) is -0.778. The number of H-pyrrole nitrogens is 1. The molecule has 1 aliphatic heterocycles. The molecule has 9 nitrogen and oxygen atoms in total. The van der Waals surface area contributed by atoms with Crippen molar-refractivity contribution in [1.82, 2.24) is 10.2 Å². The third-order valence-electron chi connectivity index (χ3n) is 5.12. The SMILES string of the molecule is COC(=O)c1c(NC(=O)CSc2c(=O)o[nH][n+]2C)sc2c1CCN(Cc1ccccc1)C2. The number of ether oxygens (including phenoxy) is 1. The highest BCUT2D eigenvalue weighted by Gasteiger charge is 2.29. The van der Waals surface area contributed by atoms with Crippen LogP contribution >= 0.6 is 23.1 Å². The average Bonchev–Trinajstić information content (AvgIpc) is 3.30. The van der Waals surface area contributed by atoms with Gasteiger partial charge in [-0.15, -0.1) is 11.3 Å². The molecule has 2 N–H and O–H groups in total. The van der Waals surface area contributed by atoms with Crippen molar-refractivity contribution < 1.29 is 23.5 Å². The lowest BCUT2D eigenvalue weighted by Crippen LogP contribution is -2.34. The number of anilines is 1. The molecular weight excluding hydrogens is 452 g/mol. The second-order valence-corrected chi connectivity index (χ2v) is 9.40. The van der Waals surface area contributed by atoms with Crippen molar-refractivity contribution in [2.75, 3.05) is 24.7 Å². The highest BCUT2D eigenvalue weighted by molar-refractivity contribution is 7.99. The molecule has 3 aromatic rings. The summed E-state index contributed by atoms with van der Waals surface area (Å²) < 4.78 is 11.1. The predicted octanol–water partition coefficient (Wildman–Crippen LogP) is 1.93. The van der Waals surface area contributed by atoms with E-state index in [4.69, 9.17) is 4.74 Å². The van der Waals surface area contributed by atoms with Gasteiger partial charge in [0.05, 0.1) is 18.4 Å². The zero-order valence-corrected chi connectivity index (χ0v) is 19.3. The van der Waals surface area contributed by atoms with E-state index in [1.54, 1.807) is 7.05 Å². The van der Waals surface area contributed by atoms with Gasteiger partial charge >= 0.3 is 16.6 Å². The van der Waals surface area contributed by atoms with Gasteiger partial charge in [0.1, 0.15) is 5.00 Å². The van der Waals surface area contributed by atoms with Crippen LogP contribution in [0.3, 0.4) is 0 Å². The first-order valence-electron chi connectivity index (χ1n) is 9.95. The van der Waals surface area contributed by atoms with Gasteiger partial charge in [-0.1, -0.05) is 35.0 Å². The molecule has 3 heterocycles. The number of nitrogens with zero attached hydrogens (tertiary/aromatic N) is 2. The Labute approximate surface area is 192 Å². The first kappa shape index (κ1) is 22.3. The molecule has 2 aromatic heterocycles. The normalized spacial score (nSPS) is 13.6. The van der Waals surface area contributed by atoms with Crippen LogP contribution in [0.15, 0.2) is 44.7 Å². The van der Waals surface area contributed by atoms with Crippen LogP contribution in [0.5, 0.6) is 0 Å². The lowest BCUT2D eigenvalue weighted by molar-refractivity contribution is -0.772. The highest BCUT2D eigenvalue weighted by atomic mass is 32.2. The summed E-state index contributed by atoms with van der Waals surface area (Å²) in [5, 5.41) is 6.02. The maximum absolute atomic E-state index is 12.6. The Morgan fingerprint density at radius 1 is 1.34 bits per heavy atom. The second-order valence-electron chi connectivity index (χ2n) is 7.33. The third-order valence-corrected chi connectivity index (χ3v) is 7.37. The molecule has 0 radical (unpaired) electrons. The summed E-state index contributed by atoms with van der Waals surface area (Å²) >= 11 is 2.46. The number of carbonyl (C=O) groups is 2. The van der Waals surface area contributed by atoms with E-state index < -0.39 is 11.6 Å². The van der Waals surface area contributed by atoms with E-state index in [9.17, 15) is 14.4 Å². The largest absolute Gasteiger partial charge is 0.465 e. The molecule has 4 rings (SSSR count). The van der Waals surface area contributed by atoms with Crippen molar-refractivity contribution in [3.05, 3.63) is 62.3 Å². The van der Waals surface area contributed by atoms with Gasteiger partial charge in [-0.05, 0) is 34.6 Å². The minimum Gasteiger partial charge on any atom is -0.465 e. The van der Waals surface area contributed by atoms with Gasteiger partial charge in [0, 0.05) is 24.5 Å². The van der Waals surface area contributed by atoms with Gasteiger partial charge in [-0.25, -0.2) is 9.59 Å². The van der Waals surface area contributed by atoms with Crippen molar-refractivity contribution in [2.24, 2.45) is 7.05 Å². The summed E-state index contributed by atoms with van der Waals surface area (Å²) in [5.41, 5.74) is 2.06. The first-order chi connectivity index (χ1) is 15.5. The van der Waals surface area contributed by atoms with Gasteiger partial charge in [0.15, 0.2) is 7.05 Å². The molecule has 0 spiro atoms. The van der Waals surface area contributed by atoms with E-state index in [2.05, 4.69) is 32.1 Å². The fraction of sp³-hybridized carbons (Fsp3) is 0.333. The molecule has 1 amide bonds. The molecule has 1 aliphatic rings. The lowest BCUT2D eigenvalue weighted by Gasteiger charge is -2.27. The predicted molar refractivity (Wildman–Crippen MR) is 120 cm³/mol. The van der Waals surface area contributed by atoms with Crippen molar-refractivity contribution in [1.29, 1.82) is 0 Å². The maximum Gasteiger partial charge on any atom is 0.441 e. The van der Waals surface area contributed by atoms with Crippen LogP contribution in [-0.2, 0) is 36.1 Å². The van der Waals surface area contributed by atoms with Crippen molar-refractivity contribution in [2.45, 2.75) is 24.5 Å². The minimum atomic E-state index is -0.536. The van der Waals surface area contributed by atoms with E-state index in [0.717, 1.165) is 35.3 Å². The van der Waals surface area contributed by atoms with E-state index in [1.807, 2.05) is 18.2 Å². The van der Waals surface area contributed by atoms with Crippen LogP contribution in [0, 0.1) is 0 Å². The molecule has 1 aromatic carbocycles. The smallest absolute Gasteiger partial charge is 0.441 e. The fourth-order valence-corrected chi connectivity index (χ4v) is 5.65.